The molecule has 0 saturated carbocycles. The first kappa shape index (κ1) is 16.4. The minimum atomic E-state index is -1.51. The molecular formula is C18H20O6. The molecule has 0 radical (unpaired) electrons. The summed E-state index contributed by atoms with van der Waals surface area (Å²) in [4.78, 5) is 0. The number of methoxy groups -OCH3 is 4. The van der Waals surface area contributed by atoms with E-state index < -0.39 is 11.7 Å². The van der Waals surface area contributed by atoms with E-state index in [9.17, 15) is 10.2 Å². The molecule has 0 saturated heterocycles. The summed E-state index contributed by atoms with van der Waals surface area (Å²) in [5.41, 5.74) is 0.230. The number of phenolic OH excluding ortho intramolecular Hbond substituents is 1. The molecule has 0 aliphatic heterocycles. The molecule has 6 heteroatoms. The first-order valence-electron chi connectivity index (χ1n) is 7.40. The average Bonchev–Trinajstić information content (AvgIpc) is 2.61. The van der Waals surface area contributed by atoms with E-state index in [1.165, 1.54) is 27.4 Å². The van der Waals surface area contributed by atoms with Crippen molar-refractivity contribution in [1.29, 1.82) is 0 Å². The van der Waals surface area contributed by atoms with Crippen molar-refractivity contribution < 1.29 is 29.2 Å². The number of aromatic hydroxyl groups is 1. The van der Waals surface area contributed by atoms with E-state index >= 15 is 0 Å². The number of rotatable bonds is 5. The van der Waals surface area contributed by atoms with Crippen LogP contribution in [0.5, 0.6) is 23.0 Å². The second-order valence-electron chi connectivity index (χ2n) is 5.53. The zero-order valence-corrected chi connectivity index (χ0v) is 14.0. The Morgan fingerprint density at radius 1 is 0.958 bits per heavy atom. The number of fused-ring (bicyclic) bond motifs is 1. The van der Waals surface area contributed by atoms with E-state index in [1.807, 2.05) is 0 Å². The fourth-order valence-electron chi connectivity index (χ4n) is 3.37. The molecule has 6 nitrogen and oxygen atoms in total. The van der Waals surface area contributed by atoms with Crippen LogP contribution in [-0.4, -0.2) is 38.7 Å². The zero-order chi connectivity index (χ0) is 17.5. The Hall–Kier alpha value is -2.44. The van der Waals surface area contributed by atoms with Crippen molar-refractivity contribution in [3.8, 4) is 23.0 Å². The van der Waals surface area contributed by atoms with Crippen molar-refractivity contribution in [2.24, 2.45) is 0 Å². The van der Waals surface area contributed by atoms with Gasteiger partial charge in [-0.2, -0.15) is 0 Å². The van der Waals surface area contributed by atoms with Gasteiger partial charge in [-0.3, -0.25) is 0 Å². The highest BCUT2D eigenvalue weighted by atomic mass is 16.5. The third kappa shape index (κ3) is 2.03. The van der Waals surface area contributed by atoms with Gasteiger partial charge >= 0.3 is 0 Å². The molecular weight excluding hydrogens is 312 g/mol. The fourth-order valence-corrected chi connectivity index (χ4v) is 3.37. The zero-order valence-electron chi connectivity index (χ0n) is 14.0. The van der Waals surface area contributed by atoms with E-state index in [-0.39, 0.29) is 11.5 Å². The summed E-state index contributed by atoms with van der Waals surface area (Å²) < 4.78 is 21.4. The minimum Gasteiger partial charge on any atom is -0.504 e. The van der Waals surface area contributed by atoms with Crippen molar-refractivity contribution in [3.63, 3.8) is 0 Å². The summed E-state index contributed by atoms with van der Waals surface area (Å²) in [5.74, 6) is 1.24. The summed E-state index contributed by atoms with van der Waals surface area (Å²) >= 11 is 0. The lowest BCUT2D eigenvalue weighted by molar-refractivity contribution is -0.105. The number of phenols is 1. The molecule has 2 atom stereocenters. The Bertz CT molecular complexity index is 772. The lowest BCUT2D eigenvalue weighted by Gasteiger charge is -2.47. The molecule has 24 heavy (non-hydrogen) atoms. The molecule has 0 bridgehead atoms. The Kier molecular flexibility index (Phi) is 4.03. The quantitative estimate of drug-likeness (QED) is 0.875. The summed E-state index contributed by atoms with van der Waals surface area (Å²) in [6.07, 6.45) is -0.607. The van der Waals surface area contributed by atoms with Gasteiger partial charge in [0.1, 0.15) is 17.6 Å². The highest BCUT2D eigenvalue weighted by Crippen LogP contribution is 2.60. The van der Waals surface area contributed by atoms with Crippen molar-refractivity contribution in [2.75, 3.05) is 28.4 Å². The molecule has 0 spiro atoms. The van der Waals surface area contributed by atoms with Crippen LogP contribution in [0.2, 0.25) is 0 Å². The number of benzene rings is 2. The maximum absolute atomic E-state index is 11.5. The van der Waals surface area contributed by atoms with Crippen LogP contribution in [0.1, 0.15) is 22.8 Å². The topological polar surface area (TPSA) is 77.4 Å². The Labute approximate surface area is 140 Å². The highest BCUT2D eigenvalue weighted by Gasteiger charge is 2.56. The predicted octanol–water partition coefficient (Wildman–Crippen LogP) is 2.36. The van der Waals surface area contributed by atoms with Crippen LogP contribution in [0.4, 0.5) is 0 Å². The van der Waals surface area contributed by atoms with Crippen LogP contribution in [-0.2, 0) is 10.3 Å². The van der Waals surface area contributed by atoms with E-state index in [4.69, 9.17) is 18.9 Å². The van der Waals surface area contributed by atoms with Crippen LogP contribution >= 0.6 is 0 Å². The van der Waals surface area contributed by atoms with Crippen LogP contribution in [0.25, 0.3) is 0 Å². The highest BCUT2D eigenvalue weighted by molar-refractivity contribution is 5.66. The fraction of sp³-hybridized carbons (Fsp3) is 0.333. The summed E-state index contributed by atoms with van der Waals surface area (Å²) in [7, 11) is 6.04. The maximum Gasteiger partial charge on any atom is 0.167 e. The largest absolute Gasteiger partial charge is 0.504 e. The molecule has 0 fully saturated rings. The molecule has 2 aromatic carbocycles. The number of aliphatic hydroxyl groups is 1. The molecule has 2 aromatic rings. The molecule has 0 unspecified atom stereocenters. The molecule has 0 aromatic heterocycles. The summed E-state index contributed by atoms with van der Waals surface area (Å²) in [6, 6.07) is 8.37. The van der Waals surface area contributed by atoms with Gasteiger partial charge in [0.15, 0.2) is 17.1 Å². The van der Waals surface area contributed by atoms with E-state index in [0.717, 1.165) is 5.56 Å². The SMILES string of the molecule is COc1ccc([C@@]2(O)c3c(ccc(O)c3OC)[C@H]2OC)c(OC)c1. The Morgan fingerprint density at radius 3 is 2.29 bits per heavy atom. The normalized spacial score (nSPS) is 21.6. The molecule has 128 valence electrons. The van der Waals surface area contributed by atoms with Crippen molar-refractivity contribution >= 4 is 0 Å². The van der Waals surface area contributed by atoms with Gasteiger partial charge in [-0.15, -0.1) is 0 Å². The molecule has 0 amide bonds. The lowest BCUT2D eigenvalue weighted by Crippen LogP contribution is -2.46. The lowest BCUT2D eigenvalue weighted by atomic mass is 9.66. The number of hydrogen-bond acceptors (Lipinski definition) is 6. The van der Waals surface area contributed by atoms with Crippen LogP contribution in [0.15, 0.2) is 30.3 Å². The predicted molar refractivity (Wildman–Crippen MR) is 87.0 cm³/mol. The van der Waals surface area contributed by atoms with E-state index in [2.05, 4.69) is 0 Å². The Balaban J connectivity index is 2.25. The summed E-state index contributed by atoms with van der Waals surface area (Å²) in [6.45, 7) is 0. The van der Waals surface area contributed by atoms with Gasteiger partial charge in [-0.25, -0.2) is 0 Å². The Morgan fingerprint density at radius 2 is 1.71 bits per heavy atom. The third-order valence-corrected chi connectivity index (χ3v) is 4.47. The van der Waals surface area contributed by atoms with Gasteiger partial charge in [-0.1, -0.05) is 6.07 Å². The van der Waals surface area contributed by atoms with Gasteiger partial charge in [0, 0.05) is 24.3 Å². The first-order valence-corrected chi connectivity index (χ1v) is 7.40. The van der Waals surface area contributed by atoms with Gasteiger partial charge in [0.25, 0.3) is 0 Å². The second-order valence-corrected chi connectivity index (χ2v) is 5.53. The van der Waals surface area contributed by atoms with Gasteiger partial charge < -0.3 is 29.2 Å². The van der Waals surface area contributed by atoms with E-state index in [1.54, 1.807) is 31.4 Å². The van der Waals surface area contributed by atoms with Gasteiger partial charge in [0.05, 0.1) is 21.3 Å². The minimum absolute atomic E-state index is 0.0447. The van der Waals surface area contributed by atoms with Crippen molar-refractivity contribution in [2.45, 2.75) is 11.7 Å². The standard InChI is InChI=1S/C18H20O6/c1-21-10-5-7-12(14(9-10)22-2)18(20)15-11(17(18)24-4)6-8-13(19)16(15)23-3/h5-9,17,19-20H,1-4H3/t17-,18-/m1/s1. The van der Waals surface area contributed by atoms with Crippen LogP contribution < -0.4 is 14.2 Å². The number of hydrogen-bond donors (Lipinski definition) is 2. The smallest absolute Gasteiger partial charge is 0.167 e. The maximum atomic E-state index is 11.5. The van der Waals surface area contributed by atoms with Gasteiger partial charge in [0.2, 0.25) is 0 Å². The molecule has 1 aliphatic rings. The van der Waals surface area contributed by atoms with Gasteiger partial charge in [-0.05, 0) is 23.8 Å². The molecule has 2 N–H and O–H groups in total. The third-order valence-electron chi connectivity index (χ3n) is 4.47. The first-order chi connectivity index (χ1) is 11.5. The monoisotopic (exact) mass is 332 g/mol. The number of ether oxygens (including phenoxy) is 4. The van der Waals surface area contributed by atoms with Crippen molar-refractivity contribution in [3.05, 3.63) is 47.0 Å². The van der Waals surface area contributed by atoms with E-state index in [0.29, 0.717) is 22.6 Å². The average molecular weight is 332 g/mol. The summed E-state index contributed by atoms with van der Waals surface area (Å²) in [5, 5.41) is 21.5. The molecule has 0 heterocycles. The van der Waals surface area contributed by atoms with Crippen LogP contribution in [0.3, 0.4) is 0 Å². The molecule has 1 aliphatic carbocycles. The van der Waals surface area contributed by atoms with Crippen LogP contribution in [0, 0.1) is 0 Å². The van der Waals surface area contributed by atoms with Crippen molar-refractivity contribution in [1.82, 2.24) is 0 Å². The molecule has 3 rings (SSSR count). The second kappa shape index (κ2) is 5.89.